The van der Waals surface area contributed by atoms with Gasteiger partial charge in [-0.3, -0.25) is 4.79 Å². The Morgan fingerprint density at radius 3 is 2.50 bits per heavy atom. The molecule has 28 heavy (non-hydrogen) atoms. The summed E-state index contributed by atoms with van der Waals surface area (Å²) < 4.78 is 48.7. The average Bonchev–Trinajstić information content (AvgIpc) is 3.06. The highest BCUT2D eigenvalue weighted by Gasteiger charge is 2.38. The van der Waals surface area contributed by atoms with Crippen molar-refractivity contribution >= 4 is 25.6 Å². The third-order valence-corrected chi connectivity index (χ3v) is 8.99. The van der Waals surface area contributed by atoms with Crippen LogP contribution in [0.1, 0.15) is 28.8 Å². The van der Waals surface area contributed by atoms with E-state index in [0.29, 0.717) is 6.54 Å². The van der Waals surface area contributed by atoms with E-state index in [0.717, 1.165) is 12.8 Å². The molecule has 1 amide bonds. The van der Waals surface area contributed by atoms with E-state index >= 15 is 0 Å². The standard InChI is InChI=1S/C20H23NO5S2/c22-20(21-12-5-8-16-6-2-1-3-7-16)17-9-4-10-18(14-17)28(25,26)19-11-13-27(23,24)15-19/h1-4,6-7,9-10,14,19H,5,8,11-13,15H2,(H,21,22). The van der Waals surface area contributed by atoms with Crippen molar-refractivity contribution in [1.82, 2.24) is 5.32 Å². The van der Waals surface area contributed by atoms with Crippen molar-refractivity contribution in [3.63, 3.8) is 0 Å². The first-order valence-electron chi connectivity index (χ1n) is 9.14. The van der Waals surface area contributed by atoms with E-state index in [4.69, 9.17) is 0 Å². The fourth-order valence-corrected chi connectivity index (χ4v) is 7.66. The summed E-state index contributed by atoms with van der Waals surface area (Å²) in [5.41, 5.74) is 1.44. The molecule has 1 aliphatic heterocycles. The molecule has 8 heteroatoms. The van der Waals surface area contributed by atoms with Gasteiger partial charge in [0, 0.05) is 12.1 Å². The lowest BCUT2D eigenvalue weighted by Crippen LogP contribution is -2.26. The first-order valence-corrected chi connectivity index (χ1v) is 12.5. The van der Waals surface area contributed by atoms with Crippen LogP contribution in [0.2, 0.25) is 0 Å². The Labute approximate surface area is 165 Å². The van der Waals surface area contributed by atoms with Crippen molar-refractivity contribution in [2.24, 2.45) is 0 Å². The van der Waals surface area contributed by atoms with Gasteiger partial charge in [0.2, 0.25) is 0 Å². The number of sulfone groups is 2. The zero-order valence-electron chi connectivity index (χ0n) is 15.4. The zero-order valence-corrected chi connectivity index (χ0v) is 17.0. The van der Waals surface area contributed by atoms with Gasteiger partial charge in [0.15, 0.2) is 19.7 Å². The first-order chi connectivity index (χ1) is 13.3. The number of benzene rings is 2. The third-order valence-electron chi connectivity index (χ3n) is 4.82. The third kappa shape index (κ3) is 4.99. The van der Waals surface area contributed by atoms with E-state index in [-0.39, 0.29) is 34.3 Å². The molecule has 2 aromatic carbocycles. The van der Waals surface area contributed by atoms with Gasteiger partial charge in [-0.2, -0.15) is 0 Å². The number of carbonyl (C=O) groups is 1. The molecular weight excluding hydrogens is 398 g/mol. The van der Waals surface area contributed by atoms with Crippen molar-refractivity contribution in [2.45, 2.75) is 29.4 Å². The lowest BCUT2D eigenvalue weighted by Gasteiger charge is -2.11. The second-order valence-corrected chi connectivity index (χ2v) is 11.4. The SMILES string of the molecule is O=C(NCCCc1ccccc1)c1cccc(S(=O)(=O)C2CCS(=O)(=O)C2)c1. The molecule has 0 saturated carbocycles. The molecule has 0 bridgehead atoms. The van der Waals surface area contributed by atoms with Gasteiger partial charge in [0.1, 0.15) is 0 Å². The summed E-state index contributed by atoms with van der Waals surface area (Å²) in [5.74, 6) is -0.812. The molecule has 1 atom stereocenters. The molecular formula is C20H23NO5S2. The molecule has 1 heterocycles. The van der Waals surface area contributed by atoms with E-state index in [9.17, 15) is 21.6 Å². The Kier molecular flexibility index (Phi) is 6.20. The Hall–Kier alpha value is -2.19. The van der Waals surface area contributed by atoms with Gasteiger partial charge < -0.3 is 5.32 Å². The van der Waals surface area contributed by atoms with Crippen LogP contribution in [0.25, 0.3) is 0 Å². The van der Waals surface area contributed by atoms with Gasteiger partial charge >= 0.3 is 0 Å². The molecule has 0 spiro atoms. The van der Waals surface area contributed by atoms with Gasteiger partial charge in [0.05, 0.1) is 21.7 Å². The Balaban J connectivity index is 1.61. The van der Waals surface area contributed by atoms with Crippen LogP contribution in [0, 0.1) is 0 Å². The lowest BCUT2D eigenvalue weighted by atomic mass is 10.1. The number of hydrogen-bond acceptors (Lipinski definition) is 5. The van der Waals surface area contributed by atoms with E-state index in [1.165, 1.54) is 23.8 Å². The maximum absolute atomic E-state index is 12.7. The molecule has 1 aliphatic rings. The summed E-state index contributed by atoms with van der Waals surface area (Å²) in [4.78, 5) is 12.3. The molecule has 2 aromatic rings. The van der Waals surface area contributed by atoms with Crippen LogP contribution in [0.5, 0.6) is 0 Å². The second kappa shape index (κ2) is 8.45. The quantitative estimate of drug-likeness (QED) is 0.690. The van der Waals surface area contributed by atoms with E-state index in [1.54, 1.807) is 6.07 Å². The van der Waals surface area contributed by atoms with Crippen molar-refractivity contribution in [2.75, 3.05) is 18.1 Å². The molecule has 1 unspecified atom stereocenters. The van der Waals surface area contributed by atoms with Gasteiger partial charge in [-0.15, -0.1) is 0 Å². The first kappa shape index (κ1) is 20.5. The Morgan fingerprint density at radius 1 is 1.07 bits per heavy atom. The van der Waals surface area contributed by atoms with Crippen molar-refractivity contribution in [3.05, 3.63) is 65.7 Å². The van der Waals surface area contributed by atoms with E-state index in [2.05, 4.69) is 5.32 Å². The number of rotatable bonds is 7. The minimum absolute atomic E-state index is 0.00784. The van der Waals surface area contributed by atoms with Crippen LogP contribution in [-0.2, 0) is 26.1 Å². The minimum atomic E-state index is -3.79. The number of amides is 1. The van der Waals surface area contributed by atoms with Gasteiger partial charge in [0.25, 0.3) is 5.91 Å². The summed E-state index contributed by atoms with van der Waals surface area (Å²) >= 11 is 0. The summed E-state index contributed by atoms with van der Waals surface area (Å²) in [6.07, 6.45) is 1.71. The monoisotopic (exact) mass is 421 g/mol. The van der Waals surface area contributed by atoms with Crippen LogP contribution in [-0.4, -0.2) is 46.0 Å². The maximum atomic E-state index is 12.7. The molecule has 1 saturated heterocycles. The highest BCUT2D eigenvalue weighted by molar-refractivity contribution is 7.96. The maximum Gasteiger partial charge on any atom is 0.251 e. The van der Waals surface area contributed by atoms with Crippen LogP contribution in [0.15, 0.2) is 59.5 Å². The van der Waals surface area contributed by atoms with E-state index in [1.807, 2.05) is 30.3 Å². The van der Waals surface area contributed by atoms with Crippen LogP contribution in [0.3, 0.4) is 0 Å². The van der Waals surface area contributed by atoms with Crippen LogP contribution in [0.4, 0.5) is 0 Å². The van der Waals surface area contributed by atoms with Gasteiger partial charge in [-0.05, 0) is 43.0 Å². The fraction of sp³-hybridized carbons (Fsp3) is 0.350. The largest absolute Gasteiger partial charge is 0.352 e. The average molecular weight is 422 g/mol. The Bertz CT molecular complexity index is 1050. The topological polar surface area (TPSA) is 97.4 Å². The number of hydrogen-bond donors (Lipinski definition) is 1. The van der Waals surface area contributed by atoms with Crippen molar-refractivity contribution in [3.8, 4) is 0 Å². The molecule has 0 radical (unpaired) electrons. The molecule has 6 nitrogen and oxygen atoms in total. The highest BCUT2D eigenvalue weighted by Crippen LogP contribution is 2.25. The zero-order chi connectivity index (χ0) is 20.2. The number of aryl methyl sites for hydroxylation is 1. The molecule has 3 rings (SSSR count). The number of nitrogens with one attached hydrogen (secondary N) is 1. The number of carbonyl (C=O) groups excluding carboxylic acids is 1. The highest BCUT2D eigenvalue weighted by atomic mass is 32.2. The normalized spacial score (nSPS) is 18.6. The second-order valence-electron chi connectivity index (χ2n) is 6.94. The van der Waals surface area contributed by atoms with Crippen molar-refractivity contribution < 1.29 is 21.6 Å². The van der Waals surface area contributed by atoms with E-state index < -0.39 is 24.9 Å². The van der Waals surface area contributed by atoms with Crippen molar-refractivity contribution in [1.29, 1.82) is 0 Å². The molecule has 1 N–H and O–H groups in total. The minimum Gasteiger partial charge on any atom is -0.352 e. The summed E-state index contributed by atoms with van der Waals surface area (Å²) in [5, 5.41) is 1.86. The summed E-state index contributed by atoms with van der Waals surface area (Å²) in [6, 6.07) is 15.7. The van der Waals surface area contributed by atoms with Crippen LogP contribution >= 0.6 is 0 Å². The Morgan fingerprint density at radius 2 is 1.82 bits per heavy atom. The van der Waals surface area contributed by atoms with Gasteiger partial charge in [-0.25, -0.2) is 16.8 Å². The summed E-state index contributed by atoms with van der Waals surface area (Å²) in [7, 11) is -7.10. The lowest BCUT2D eigenvalue weighted by molar-refractivity contribution is 0.0953. The predicted octanol–water partition coefficient (Wildman–Crippen LogP) is 2.01. The fourth-order valence-electron chi connectivity index (χ4n) is 3.25. The van der Waals surface area contributed by atoms with Crippen LogP contribution < -0.4 is 5.32 Å². The predicted molar refractivity (Wildman–Crippen MR) is 108 cm³/mol. The molecule has 0 aliphatic carbocycles. The molecule has 1 fully saturated rings. The smallest absolute Gasteiger partial charge is 0.251 e. The molecule has 0 aromatic heterocycles. The summed E-state index contributed by atoms with van der Waals surface area (Å²) in [6.45, 7) is 0.478. The van der Waals surface area contributed by atoms with Gasteiger partial charge in [-0.1, -0.05) is 36.4 Å². The molecule has 150 valence electrons.